The number of rotatable bonds is 5. The standard InChI is InChI=1S/C12H15F3N4O3/c1-18(2)6-5-16-11(20)17-8-3-4-10(19(21)22)9(7-8)12(13,14)15/h3-4,7H,5-6H2,1-2H3,(H2,16,17,20). The summed E-state index contributed by atoms with van der Waals surface area (Å²) in [5.74, 6) is 0. The van der Waals surface area contributed by atoms with Gasteiger partial charge in [-0.3, -0.25) is 10.1 Å². The van der Waals surface area contributed by atoms with Crippen molar-refractivity contribution in [2.75, 3.05) is 32.5 Å². The van der Waals surface area contributed by atoms with Crippen LogP contribution in [0, 0.1) is 10.1 Å². The minimum absolute atomic E-state index is 0.180. The van der Waals surface area contributed by atoms with E-state index in [9.17, 15) is 28.1 Å². The van der Waals surface area contributed by atoms with E-state index >= 15 is 0 Å². The Morgan fingerprint density at radius 1 is 1.36 bits per heavy atom. The van der Waals surface area contributed by atoms with Gasteiger partial charge in [0.2, 0.25) is 0 Å². The fourth-order valence-electron chi connectivity index (χ4n) is 1.57. The van der Waals surface area contributed by atoms with Crippen LogP contribution in [0.25, 0.3) is 0 Å². The molecule has 1 aromatic rings. The second-order valence-corrected chi connectivity index (χ2v) is 4.67. The van der Waals surface area contributed by atoms with E-state index in [2.05, 4.69) is 10.6 Å². The number of alkyl halides is 3. The van der Waals surface area contributed by atoms with Crippen LogP contribution in [0.3, 0.4) is 0 Å². The van der Waals surface area contributed by atoms with Gasteiger partial charge in [-0.1, -0.05) is 0 Å². The van der Waals surface area contributed by atoms with Crippen molar-refractivity contribution in [2.24, 2.45) is 0 Å². The molecule has 0 saturated carbocycles. The van der Waals surface area contributed by atoms with Crippen LogP contribution >= 0.6 is 0 Å². The number of carbonyl (C=O) groups excluding carboxylic acids is 1. The van der Waals surface area contributed by atoms with Crippen LogP contribution in [0.4, 0.5) is 29.3 Å². The second-order valence-electron chi connectivity index (χ2n) is 4.67. The second kappa shape index (κ2) is 7.07. The molecule has 0 atom stereocenters. The molecule has 0 unspecified atom stereocenters. The summed E-state index contributed by atoms with van der Waals surface area (Å²) in [4.78, 5) is 22.8. The summed E-state index contributed by atoms with van der Waals surface area (Å²) in [6.45, 7) is 0.861. The molecule has 0 fully saturated rings. The molecule has 0 bridgehead atoms. The highest BCUT2D eigenvalue weighted by molar-refractivity contribution is 5.89. The van der Waals surface area contributed by atoms with E-state index in [0.717, 1.165) is 6.07 Å². The van der Waals surface area contributed by atoms with E-state index in [-0.39, 0.29) is 5.69 Å². The summed E-state index contributed by atoms with van der Waals surface area (Å²) < 4.78 is 38.3. The van der Waals surface area contributed by atoms with Gasteiger partial charge in [0.25, 0.3) is 5.69 Å². The first-order valence-corrected chi connectivity index (χ1v) is 6.16. The van der Waals surface area contributed by atoms with Gasteiger partial charge < -0.3 is 15.5 Å². The number of nitrogens with zero attached hydrogens (tertiary/aromatic N) is 2. The van der Waals surface area contributed by atoms with Gasteiger partial charge >= 0.3 is 12.2 Å². The Balaban J connectivity index is 2.85. The lowest BCUT2D eigenvalue weighted by Crippen LogP contribution is -2.34. The SMILES string of the molecule is CN(C)CCNC(=O)Nc1ccc([N+](=O)[O-])c(C(F)(F)F)c1. The Labute approximate surface area is 124 Å². The molecule has 0 saturated heterocycles. The number of halogens is 3. The van der Waals surface area contributed by atoms with E-state index in [0.29, 0.717) is 25.2 Å². The summed E-state index contributed by atoms with van der Waals surface area (Å²) >= 11 is 0. The van der Waals surface area contributed by atoms with Gasteiger partial charge in [0, 0.05) is 24.8 Å². The predicted octanol–water partition coefficient (Wildman–Crippen LogP) is 2.30. The molecule has 22 heavy (non-hydrogen) atoms. The number of nitrogens with one attached hydrogen (secondary N) is 2. The number of amides is 2. The highest BCUT2D eigenvalue weighted by Crippen LogP contribution is 2.37. The van der Waals surface area contributed by atoms with Crippen molar-refractivity contribution in [3.63, 3.8) is 0 Å². The van der Waals surface area contributed by atoms with Gasteiger partial charge in [0.15, 0.2) is 0 Å². The van der Waals surface area contributed by atoms with Gasteiger partial charge in [-0.15, -0.1) is 0 Å². The molecule has 0 aromatic heterocycles. The van der Waals surface area contributed by atoms with Crippen LogP contribution in [0.15, 0.2) is 18.2 Å². The number of carbonyl (C=O) groups is 1. The molecule has 2 amide bonds. The summed E-state index contributed by atoms with van der Waals surface area (Å²) in [5, 5.41) is 15.3. The highest BCUT2D eigenvalue weighted by Gasteiger charge is 2.38. The number of hydrogen-bond acceptors (Lipinski definition) is 4. The number of anilines is 1. The normalized spacial score (nSPS) is 11.4. The third-order valence-electron chi connectivity index (χ3n) is 2.60. The molecule has 10 heteroatoms. The Morgan fingerprint density at radius 3 is 2.50 bits per heavy atom. The van der Waals surface area contributed by atoms with E-state index in [1.165, 1.54) is 0 Å². The molecule has 1 rings (SSSR count). The Hall–Kier alpha value is -2.36. The summed E-state index contributed by atoms with van der Waals surface area (Å²) in [6.07, 6.45) is -4.89. The number of hydrogen-bond donors (Lipinski definition) is 2. The van der Waals surface area contributed by atoms with Crippen LogP contribution < -0.4 is 10.6 Å². The van der Waals surface area contributed by atoms with E-state index in [1.54, 1.807) is 14.1 Å². The lowest BCUT2D eigenvalue weighted by Gasteiger charge is -2.12. The third kappa shape index (κ3) is 5.20. The maximum atomic E-state index is 12.8. The van der Waals surface area contributed by atoms with Crippen LogP contribution in [0.5, 0.6) is 0 Å². The monoisotopic (exact) mass is 320 g/mol. The van der Waals surface area contributed by atoms with Crippen molar-refractivity contribution >= 4 is 17.4 Å². The molecule has 7 nitrogen and oxygen atoms in total. The van der Waals surface area contributed by atoms with Gasteiger partial charge in [-0.25, -0.2) is 4.79 Å². The molecule has 2 N–H and O–H groups in total. The summed E-state index contributed by atoms with van der Waals surface area (Å²) in [5.41, 5.74) is -2.66. The lowest BCUT2D eigenvalue weighted by atomic mass is 10.1. The molecular formula is C12H15F3N4O3. The summed E-state index contributed by atoms with van der Waals surface area (Å²) in [6, 6.07) is 1.59. The molecular weight excluding hydrogens is 305 g/mol. The Bertz CT molecular complexity index is 561. The van der Waals surface area contributed by atoms with Crippen molar-refractivity contribution in [1.29, 1.82) is 0 Å². The fraction of sp³-hybridized carbons (Fsp3) is 0.417. The Kier molecular flexibility index (Phi) is 5.69. The van der Waals surface area contributed by atoms with Gasteiger partial charge in [-0.2, -0.15) is 13.2 Å². The predicted molar refractivity (Wildman–Crippen MR) is 73.7 cm³/mol. The molecule has 0 radical (unpaired) electrons. The highest BCUT2D eigenvalue weighted by atomic mass is 19.4. The molecule has 0 aliphatic heterocycles. The van der Waals surface area contributed by atoms with Crippen molar-refractivity contribution in [2.45, 2.75) is 6.18 Å². The van der Waals surface area contributed by atoms with Gasteiger partial charge in [-0.05, 0) is 26.2 Å². The lowest BCUT2D eigenvalue weighted by molar-refractivity contribution is -0.388. The van der Waals surface area contributed by atoms with Crippen LogP contribution in [-0.4, -0.2) is 43.0 Å². The molecule has 0 aliphatic rings. The first-order valence-electron chi connectivity index (χ1n) is 6.16. The average molecular weight is 320 g/mol. The minimum Gasteiger partial charge on any atom is -0.337 e. The topological polar surface area (TPSA) is 87.5 Å². The average Bonchev–Trinajstić information content (AvgIpc) is 2.36. The van der Waals surface area contributed by atoms with E-state index in [1.807, 2.05) is 4.90 Å². The van der Waals surface area contributed by atoms with Gasteiger partial charge in [0.1, 0.15) is 5.56 Å². The quantitative estimate of drug-likeness (QED) is 0.644. The number of urea groups is 1. The van der Waals surface area contributed by atoms with E-state index in [4.69, 9.17) is 0 Å². The smallest absolute Gasteiger partial charge is 0.337 e. The van der Waals surface area contributed by atoms with Crippen LogP contribution in [-0.2, 0) is 6.18 Å². The molecule has 0 aliphatic carbocycles. The van der Waals surface area contributed by atoms with Crippen molar-refractivity contribution < 1.29 is 22.9 Å². The zero-order valence-electron chi connectivity index (χ0n) is 11.9. The molecule has 0 heterocycles. The zero-order chi connectivity index (χ0) is 16.9. The number of likely N-dealkylation sites (N-methyl/N-ethyl adjacent to an activating group) is 1. The van der Waals surface area contributed by atoms with Crippen molar-refractivity contribution in [1.82, 2.24) is 10.2 Å². The maximum absolute atomic E-state index is 12.8. The fourth-order valence-corrected chi connectivity index (χ4v) is 1.57. The minimum atomic E-state index is -4.89. The summed E-state index contributed by atoms with van der Waals surface area (Å²) in [7, 11) is 3.59. The first kappa shape index (κ1) is 17.7. The van der Waals surface area contributed by atoms with Crippen molar-refractivity contribution in [3.05, 3.63) is 33.9 Å². The zero-order valence-corrected chi connectivity index (χ0v) is 11.9. The molecule has 122 valence electrons. The molecule has 0 spiro atoms. The number of benzene rings is 1. The van der Waals surface area contributed by atoms with Crippen LogP contribution in [0.1, 0.15) is 5.56 Å². The first-order chi connectivity index (χ1) is 10.1. The Morgan fingerprint density at radius 2 is 2.00 bits per heavy atom. The van der Waals surface area contributed by atoms with Gasteiger partial charge in [0.05, 0.1) is 4.92 Å². The largest absolute Gasteiger partial charge is 0.423 e. The number of nitro groups is 1. The number of nitro benzene ring substituents is 1. The maximum Gasteiger partial charge on any atom is 0.423 e. The molecule has 1 aromatic carbocycles. The van der Waals surface area contributed by atoms with E-state index < -0.39 is 28.4 Å². The third-order valence-corrected chi connectivity index (χ3v) is 2.60. The van der Waals surface area contributed by atoms with Crippen molar-refractivity contribution in [3.8, 4) is 0 Å². The van der Waals surface area contributed by atoms with Crippen LogP contribution in [0.2, 0.25) is 0 Å².